The maximum atomic E-state index is 12.4. The summed E-state index contributed by atoms with van der Waals surface area (Å²) in [7, 11) is 0. The second kappa shape index (κ2) is 3.61. The highest BCUT2D eigenvalue weighted by Crippen LogP contribution is 2.38. The van der Waals surface area contributed by atoms with Crippen molar-refractivity contribution in [3.8, 4) is 0 Å². The van der Waals surface area contributed by atoms with Gasteiger partial charge in [0, 0.05) is 0 Å². The monoisotopic (exact) mass is 252 g/mol. The van der Waals surface area contributed by atoms with E-state index in [0.29, 0.717) is 5.56 Å². The fourth-order valence-corrected chi connectivity index (χ4v) is 1.78. The first-order valence-corrected chi connectivity index (χ1v) is 4.88. The third-order valence-corrected chi connectivity index (χ3v) is 2.81. The lowest BCUT2D eigenvalue weighted by atomic mass is 9.91. The van der Waals surface area contributed by atoms with Gasteiger partial charge in [0.15, 0.2) is 0 Å². The van der Waals surface area contributed by atoms with E-state index in [2.05, 4.69) is 0 Å². The molecule has 2 rings (SSSR count). The lowest BCUT2D eigenvalue weighted by Gasteiger charge is -2.36. The Bertz CT molecular complexity index is 413. The molecule has 0 unspecified atom stereocenters. The molecule has 0 atom stereocenters. The number of hydrogen-bond donors (Lipinski definition) is 1. The maximum absolute atomic E-state index is 12.4. The number of aliphatic hydroxyl groups is 1. The Morgan fingerprint density at radius 1 is 1.31 bits per heavy atom. The highest BCUT2D eigenvalue weighted by Gasteiger charge is 2.40. The summed E-state index contributed by atoms with van der Waals surface area (Å²) in [6.07, 6.45) is -4.48. The first kappa shape index (κ1) is 11.7. The lowest BCUT2D eigenvalue weighted by Crippen LogP contribution is -2.46. The molecule has 88 valence electrons. The molecule has 16 heavy (non-hydrogen) atoms. The summed E-state index contributed by atoms with van der Waals surface area (Å²) in [6, 6.07) is 3.22. The van der Waals surface area contributed by atoms with Crippen LogP contribution in [0.5, 0.6) is 0 Å². The van der Waals surface area contributed by atoms with Crippen molar-refractivity contribution < 1.29 is 23.0 Å². The molecule has 1 aliphatic heterocycles. The predicted molar refractivity (Wildman–Crippen MR) is 51.2 cm³/mol. The van der Waals surface area contributed by atoms with Gasteiger partial charge in [0.1, 0.15) is 5.60 Å². The van der Waals surface area contributed by atoms with Gasteiger partial charge in [0.05, 0.1) is 23.8 Å². The first-order valence-electron chi connectivity index (χ1n) is 4.50. The third kappa shape index (κ3) is 1.90. The summed E-state index contributed by atoms with van der Waals surface area (Å²) in [5, 5.41) is 9.42. The van der Waals surface area contributed by atoms with Crippen LogP contribution in [0.15, 0.2) is 18.2 Å². The van der Waals surface area contributed by atoms with E-state index in [1.165, 1.54) is 6.07 Å². The molecule has 0 spiro atoms. The summed E-state index contributed by atoms with van der Waals surface area (Å²) < 4.78 is 42.0. The summed E-state index contributed by atoms with van der Waals surface area (Å²) in [5.41, 5.74) is -1.76. The van der Waals surface area contributed by atoms with Crippen molar-refractivity contribution in [1.29, 1.82) is 0 Å². The molecule has 1 aliphatic rings. The lowest BCUT2D eigenvalue weighted by molar-refractivity contribution is -0.184. The van der Waals surface area contributed by atoms with Crippen molar-refractivity contribution in [2.75, 3.05) is 13.2 Å². The van der Waals surface area contributed by atoms with Gasteiger partial charge in [-0.1, -0.05) is 17.7 Å². The van der Waals surface area contributed by atoms with E-state index in [4.69, 9.17) is 16.3 Å². The Morgan fingerprint density at radius 3 is 2.31 bits per heavy atom. The van der Waals surface area contributed by atoms with Crippen LogP contribution < -0.4 is 0 Å². The summed E-state index contributed by atoms with van der Waals surface area (Å²) >= 11 is 5.53. The van der Waals surface area contributed by atoms with Crippen LogP contribution in [0.25, 0.3) is 0 Å². The van der Waals surface area contributed by atoms with Crippen molar-refractivity contribution >= 4 is 11.6 Å². The van der Waals surface area contributed by atoms with Gasteiger partial charge in [-0.05, 0) is 17.7 Å². The molecular formula is C10H8ClF3O2. The molecule has 1 N–H and O–H groups in total. The zero-order valence-corrected chi connectivity index (χ0v) is 8.77. The Balaban J connectivity index is 2.37. The number of alkyl halides is 3. The second-order valence-corrected chi connectivity index (χ2v) is 4.12. The Labute approximate surface area is 94.6 Å². The van der Waals surface area contributed by atoms with Gasteiger partial charge in [-0.2, -0.15) is 13.2 Å². The van der Waals surface area contributed by atoms with Crippen LogP contribution in [-0.4, -0.2) is 18.3 Å². The van der Waals surface area contributed by atoms with Crippen LogP contribution >= 0.6 is 11.6 Å². The molecule has 2 nitrogen and oxygen atoms in total. The summed E-state index contributed by atoms with van der Waals surface area (Å²) in [6.45, 7) is 0.156. The van der Waals surface area contributed by atoms with Crippen molar-refractivity contribution in [1.82, 2.24) is 0 Å². The zero-order chi connectivity index (χ0) is 12.0. The van der Waals surface area contributed by atoms with Gasteiger partial charge in [-0.15, -0.1) is 0 Å². The number of hydrogen-bond acceptors (Lipinski definition) is 2. The van der Waals surface area contributed by atoms with Crippen LogP contribution in [0.2, 0.25) is 5.02 Å². The van der Waals surface area contributed by atoms with E-state index in [-0.39, 0.29) is 13.2 Å². The van der Waals surface area contributed by atoms with Crippen LogP contribution in [0.1, 0.15) is 11.1 Å². The molecule has 1 aromatic rings. The van der Waals surface area contributed by atoms with Crippen molar-refractivity contribution in [2.45, 2.75) is 11.8 Å². The fourth-order valence-electron chi connectivity index (χ4n) is 1.50. The van der Waals surface area contributed by atoms with Crippen LogP contribution in [0.4, 0.5) is 13.2 Å². The highest BCUT2D eigenvalue weighted by atomic mass is 35.5. The molecule has 0 bridgehead atoms. The van der Waals surface area contributed by atoms with Crippen molar-refractivity contribution in [2.24, 2.45) is 0 Å². The molecule has 0 saturated carbocycles. The van der Waals surface area contributed by atoms with E-state index in [1.807, 2.05) is 0 Å². The van der Waals surface area contributed by atoms with Gasteiger partial charge in [-0.3, -0.25) is 0 Å². The summed E-state index contributed by atoms with van der Waals surface area (Å²) in [5.74, 6) is 0. The Kier molecular flexibility index (Phi) is 2.64. The normalized spacial score (nSPS) is 19.3. The van der Waals surface area contributed by atoms with Gasteiger partial charge < -0.3 is 9.84 Å². The van der Waals surface area contributed by atoms with Crippen LogP contribution in [0, 0.1) is 0 Å². The minimum absolute atomic E-state index is 0.0781. The Morgan fingerprint density at radius 2 is 1.94 bits per heavy atom. The molecule has 1 fully saturated rings. The SMILES string of the molecule is OC1(c2ccc(C(F)(F)F)c(Cl)c2)COC1. The topological polar surface area (TPSA) is 29.5 Å². The largest absolute Gasteiger partial charge is 0.417 e. The highest BCUT2D eigenvalue weighted by molar-refractivity contribution is 6.31. The third-order valence-electron chi connectivity index (χ3n) is 2.49. The zero-order valence-electron chi connectivity index (χ0n) is 8.01. The minimum Gasteiger partial charge on any atom is -0.380 e. The van der Waals surface area contributed by atoms with Crippen LogP contribution in [0.3, 0.4) is 0 Å². The number of ether oxygens (including phenoxy) is 1. The smallest absolute Gasteiger partial charge is 0.380 e. The van der Waals surface area contributed by atoms with E-state index in [1.54, 1.807) is 0 Å². The van der Waals surface area contributed by atoms with Crippen molar-refractivity contribution in [3.63, 3.8) is 0 Å². The van der Waals surface area contributed by atoms with Crippen molar-refractivity contribution in [3.05, 3.63) is 34.3 Å². The predicted octanol–water partition coefficient (Wildman–Crippen LogP) is 2.58. The molecule has 1 saturated heterocycles. The van der Waals surface area contributed by atoms with Gasteiger partial charge >= 0.3 is 6.18 Å². The molecule has 0 amide bonds. The van der Waals surface area contributed by atoms with Gasteiger partial charge in [-0.25, -0.2) is 0 Å². The van der Waals surface area contributed by atoms with E-state index in [0.717, 1.165) is 12.1 Å². The average molecular weight is 253 g/mol. The minimum atomic E-state index is -4.48. The van der Waals surface area contributed by atoms with E-state index < -0.39 is 22.4 Å². The average Bonchev–Trinajstić information content (AvgIpc) is 2.12. The standard InChI is InChI=1S/C10H8ClF3O2/c11-8-3-6(9(15)4-16-5-9)1-2-7(8)10(12,13)14/h1-3,15H,4-5H2. The Hall–Kier alpha value is -0.780. The fraction of sp³-hybridized carbons (Fsp3) is 0.400. The number of halogens is 4. The molecule has 1 aromatic carbocycles. The maximum Gasteiger partial charge on any atom is 0.417 e. The molecular weight excluding hydrogens is 245 g/mol. The van der Waals surface area contributed by atoms with E-state index >= 15 is 0 Å². The molecule has 6 heteroatoms. The number of rotatable bonds is 1. The molecule has 0 radical (unpaired) electrons. The molecule has 1 heterocycles. The van der Waals surface area contributed by atoms with Crippen LogP contribution in [-0.2, 0) is 16.5 Å². The summed E-state index contributed by atoms with van der Waals surface area (Å²) in [4.78, 5) is 0. The first-order chi connectivity index (χ1) is 7.33. The second-order valence-electron chi connectivity index (χ2n) is 3.72. The van der Waals surface area contributed by atoms with Gasteiger partial charge in [0.25, 0.3) is 0 Å². The van der Waals surface area contributed by atoms with E-state index in [9.17, 15) is 18.3 Å². The molecule has 0 aromatic heterocycles. The van der Waals surface area contributed by atoms with Gasteiger partial charge in [0.2, 0.25) is 0 Å². The number of benzene rings is 1. The molecule has 0 aliphatic carbocycles. The quantitative estimate of drug-likeness (QED) is 0.832.